The molecule has 0 radical (unpaired) electrons. The van der Waals surface area contributed by atoms with Crippen LogP contribution in [0, 0.1) is 10.1 Å². The molecule has 2 aromatic carbocycles. The van der Waals surface area contributed by atoms with Gasteiger partial charge in [0.1, 0.15) is 5.52 Å². The molecule has 24 heavy (non-hydrogen) atoms. The highest BCUT2D eigenvalue weighted by atomic mass is 79.9. The van der Waals surface area contributed by atoms with E-state index >= 15 is 0 Å². The normalized spacial score (nSPS) is 11.2. The van der Waals surface area contributed by atoms with E-state index in [1.807, 2.05) is 30.3 Å². The van der Waals surface area contributed by atoms with Crippen molar-refractivity contribution in [1.82, 2.24) is 4.98 Å². The Balaban J connectivity index is 2.05. The van der Waals surface area contributed by atoms with E-state index in [2.05, 4.69) is 20.9 Å². The number of hydrogen-bond acceptors (Lipinski definition) is 4. The minimum atomic E-state index is -0.688. The number of nitrogens with zero attached hydrogens (tertiary/aromatic N) is 2. The zero-order valence-electron chi connectivity index (χ0n) is 12.1. The second-order valence-corrected chi connectivity index (χ2v) is 6.32. The summed E-state index contributed by atoms with van der Waals surface area (Å²) < 4.78 is 0.982. The van der Waals surface area contributed by atoms with Gasteiger partial charge in [-0.05, 0) is 35.9 Å². The van der Waals surface area contributed by atoms with E-state index < -0.39 is 16.4 Å². The van der Waals surface area contributed by atoms with E-state index in [4.69, 9.17) is 11.6 Å². The smallest absolute Gasteiger partial charge is 0.314 e. The fourth-order valence-corrected chi connectivity index (χ4v) is 2.74. The molecule has 7 heteroatoms. The van der Waals surface area contributed by atoms with Crippen LogP contribution in [0.1, 0.15) is 11.3 Å². The molecule has 0 saturated heterocycles. The molecule has 0 atom stereocenters. The molecule has 5 nitrogen and oxygen atoms in total. The average molecular weight is 406 g/mol. The molecule has 0 aliphatic heterocycles. The van der Waals surface area contributed by atoms with Crippen LogP contribution in [0.3, 0.4) is 0 Å². The van der Waals surface area contributed by atoms with Gasteiger partial charge in [-0.1, -0.05) is 45.7 Å². The molecule has 1 heterocycles. The van der Waals surface area contributed by atoms with Crippen LogP contribution in [0.15, 0.2) is 46.9 Å². The third kappa shape index (κ3) is 3.25. The van der Waals surface area contributed by atoms with Crippen LogP contribution in [-0.4, -0.2) is 15.0 Å². The highest BCUT2D eigenvalue weighted by Gasteiger charge is 2.20. The molecular formula is C17H10BrClN2O3. The fraction of sp³-hybridized carbons (Fsp3) is 0. The third-order valence-corrected chi connectivity index (χ3v) is 4.26. The number of nitro benzene ring substituents is 1. The number of phenolic OH excluding ortho intramolecular Hbond substituents is 1. The quantitative estimate of drug-likeness (QED) is 0.465. The summed E-state index contributed by atoms with van der Waals surface area (Å²) in [6.45, 7) is 0. The Labute approximate surface area is 150 Å². The topological polar surface area (TPSA) is 76.3 Å². The summed E-state index contributed by atoms with van der Waals surface area (Å²) in [4.78, 5) is 14.6. The molecule has 120 valence electrons. The first-order valence-corrected chi connectivity index (χ1v) is 8.03. The number of pyridine rings is 1. The second-order valence-electron chi connectivity index (χ2n) is 5.00. The lowest BCUT2D eigenvalue weighted by molar-refractivity contribution is -0.385. The van der Waals surface area contributed by atoms with Crippen molar-refractivity contribution in [3.63, 3.8) is 0 Å². The summed E-state index contributed by atoms with van der Waals surface area (Å²) in [5.74, 6) is -0.488. The summed E-state index contributed by atoms with van der Waals surface area (Å²) in [7, 11) is 0. The van der Waals surface area contributed by atoms with E-state index in [9.17, 15) is 15.2 Å². The molecule has 3 aromatic rings. The van der Waals surface area contributed by atoms with Gasteiger partial charge < -0.3 is 5.11 Å². The largest absolute Gasteiger partial charge is 0.501 e. The van der Waals surface area contributed by atoms with Crippen LogP contribution in [0.4, 0.5) is 5.69 Å². The first kappa shape index (κ1) is 16.4. The van der Waals surface area contributed by atoms with Crippen LogP contribution in [0.2, 0.25) is 5.02 Å². The van der Waals surface area contributed by atoms with Crippen molar-refractivity contribution >= 4 is 56.3 Å². The van der Waals surface area contributed by atoms with Gasteiger partial charge in [0.05, 0.1) is 15.6 Å². The van der Waals surface area contributed by atoms with E-state index in [-0.39, 0.29) is 10.5 Å². The Morgan fingerprint density at radius 2 is 1.88 bits per heavy atom. The molecule has 0 unspecified atom stereocenters. The van der Waals surface area contributed by atoms with Gasteiger partial charge in [0.25, 0.3) is 0 Å². The van der Waals surface area contributed by atoms with Gasteiger partial charge in [0, 0.05) is 15.9 Å². The minimum absolute atomic E-state index is 0.104. The molecule has 0 saturated carbocycles. The number of aromatic hydroxyl groups is 1. The first-order chi connectivity index (χ1) is 11.5. The summed E-state index contributed by atoms with van der Waals surface area (Å²) in [5, 5.41) is 21.7. The number of aromatic nitrogens is 1. The molecule has 0 aliphatic carbocycles. The average Bonchev–Trinajstić information content (AvgIpc) is 2.57. The van der Waals surface area contributed by atoms with Crippen LogP contribution < -0.4 is 0 Å². The Morgan fingerprint density at radius 3 is 2.54 bits per heavy atom. The minimum Gasteiger partial charge on any atom is -0.501 e. The van der Waals surface area contributed by atoms with Crippen molar-refractivity contribution in [2.75, 3.05) is 0 Å². The van der Waals surface area contributed by atoms with Crippen molar-refractivity contribution < 1.29 is 10.0 Å². The maximum Gasteiger partial charge on any atom is 0.314 e. The Kier molecular flexibility index (Phi) is 4.51. The number of phenols is 1. The summed E-state index contributed by atoms with van der Waals surface area (Å²) in [6, 6.07) is 12.2. The predicted octanol–water partition coefficient (Wildman–Crippen LogP) is 5.43. The number of halogens is 2. The van der Waals surface area contributed by atoms with Crippen LogP contribution in [-0.2, 0) is 0 Å². The number of rotatable bonds is 3. The Hall–Kier alpha value is -2.44. The SMILES string of the molecule is O=[N+]([O-])c1cc(Cl)c2ccc(C=Cc3ccc(Br)cc3)nc2c1O. The zero-order valence-corrected chi connectivity index (χ0v) is 14.5. The maximum atomic E-state index is 11.0. The third-order valence-electron chi connectivity index (χ3n) is 3.42. The molecule has 0 aliphatic rings. The van der Waals surface area contributed by atoms with E-state index in [1.54, 1.807) is 18.2 Å². The van der Waals surface area contributed by atoms with Crippen molar-refractivity contribution in [3.05, 3.63) is 73.3 Å². The fourth-order valence-electron chi connectivity index (χ4n) is 2.22. The summed E-state index contributed by atoms with van der Waals surface area (Å²) in [5.41, 5.74) is 1.17. The summed E-state index contributed by atoms with van der Waals surface area (Å²) >= 11 is 9.41. The van der Waals surface area contributed by atoms with Crippen molar-refractivity contribution in [2.45, 2.75) is 0 Å². The molecule has 0 amide bonds. The molecule has 1 N–H and O–H groups in total. The lowest BCUT2D eigenvalue weighted by Gasteiger charge is -2.05. The van der Waals surface area contributed by atoms with Gasteiger partial charge in [0.2, 0.25) is 5.75 Å². The van der Waals surface area contributed by atoms with Gasteiger partial charge in [-0.15, -0.1) is 0 Å². The highest BCUT2D eigenvalue weighted by molar-refractivity contribution is 9.10. The van der Waals surface area contributed by atoms with Crippen molar-refractivity contribution in [2.24, 2.45) is 0 Å². The number of hydrogen-bond donors (Lipinski definition) is 1. The van der Waals surface area contributed by atoms with Gasteiger partial charge in [-0.2, -0.15) is 0 Å². The van der Waals surface area contributed by atoms with E-state index in [0.29, 0.717) is 11.1 Å². The second kappa shape index (κ2) is 6.59. The van der Waals surface area contributed by atoms with Crippen molar-refractivity contribution in [3.8, 4) is 5.75 Å². The van der Waals surface area contributed by atoms with Crippen molar-refractivity contribution in [1.29, 1.82) is 0 Å². The molecule has 1 aromatic heterocycles. The number of benzene rings is 2. The Morgan fingerprint density at radius 1 is 1.17 bits per heavy atom. The highest BCUT2D eigenvalue weighted by Crippen LogP contribution is 2.37. The first-order valence-electron chi connectivity index (χ1n) is 6.86. The van der Waals surface area contributed by atoms with Gasteiger partial charge in [-0.3, -0.25) is 10.1 Å². The lowest BCUT2D eigenvalue weighted by Crippen LogP contribution is -1.92. The monoisotopic (exact) mass is 404 g/mol. The molecule has 3 rings (SSSR count). The van der Waals surface area contributed by atoms with Gasteiger partial charge >= 0.3 is 5.69 Å². The van der Waals surface area contributed by atoms with E-state index in [1.165, 1.54) is 0 Å². The number of fused-ring (bicyclic) bond motifs is 1. The standard InChI is InChI=1S/C17H10BrClN2O3/c18-11-4-1-10(2-5-11)3-6-12-7-8-13-14(19)9-15(21(23)24)17(22)16(13)20-12/h1-9,22H. The predicted molar refractivity (Wildman–Crippen MR) is 98.1 cm³/mol. The van der Waals surface area contributed by atoms with Gasteiger partial charge in [-0.25, -0.2) is 4.98 Å². The van der Waals surface area contributed by atoms with Crippen LogP contribution in [0.25, 0.3) is 23.1 Å². The molecular weight excluding hydrogens is 396 g/mol. The van der Waals surface area contributed by atoms with E-state index in [0.717, 1.165) is 16.1 Å². The lowest BCUT2D eigenvalue weighted by atomic mass is 10.1. The summed E-state index contributed by atoms with van der Waals surface area (Å²) in [6.07, 6.45) is 3.62. The maximum absolute atomic E-state index is 11.0. The van der Waals surface area contributed by atoms with Gasteiger partial charge in [0.15, 0.2) is 0 Å². The molecule has 0 spiro atoms. The number of nitro groups is 1. The molecule has 0 fully saturated rings. The Bertz CT molecular complexity index is 972. The molecule has 0 bridgehead atoms. The van der Waals surface area contributed by atoms with Crippen LogP contribution in [0.5, 0.6) is 5.75 Å². The zero-order chi connectivity index (χ0) is 17.3. The van der Waals surface area contributed by atoms with Crippen LogP contribution >= 0.6 is 27.5 Å².